The highest BCUT2D eigenvalue weighted by Gasteiger charge is 2.36. The molecule has 0 spiro atoms. The Morgan fingerprint density at radius 2 is 2.24 bits per heavy atom. The lowest BCUT2D eigenvalue weighted by Crippen LogP contribution is -2.38. The zero-order chi connectivity index (χ0) is 15.3. The van der Waals surface area contributed by atoms with E-state index in [1.165, 1.54) is 0 Å². The Hall–Kier alpha value is -1.27. The van der Waals surface area contributed by atoms with E-state index in [0.29, 0.717) is 43.9 Å². The van der Waals surface area contributed by atoms with Crippen molar-refractivity contribution in [3.63, 3.8) is 0 Å². The molecular weight excluding hydrogens is 288 g/mol. The molecule has 6 heteroatoms. The van der Waals surface area contributed by atoms with Crippen molar-refractivity contribution < 1.29 is 14.6 Å². The number of rotatable bonds is 5. The molecule has 0 unspecified atom stereocenters. The topological polar surface area (TPSA) is 85.4 Å². The molecule has 1 aromatic rings. The van der Waals surface area contributed by atoms with Gasteiger partial charge < -0.3 is 15.6 Å². The molecule has 0 saturated heterocycles. The fourth-order valence-corrected chi connectivity index (χ4v) is 3.51. The van der Waals surface area contributed by atoms with Crippen LogP contribution in [0, 0.1) is 5.92 Å². The Morgan fingerprint density at radius 3 is 2.81 bits per heavy atom. The smallest absolute Gasteiger partial charge is 0.308 e. The molecule has 116 valence electrons. The molecule has 1 saturated carbocycles. The van der Waals surface area contributed by atoms with Gasteiger partial charge in [-0.05, 0) is 44.7 Å². The van der Waals surface area contributed by atoms with Gasteiger partial charge in [-0.1, -0.05) is 0 Å². The fourth-order valence-electron chi connectivity index (χ4n) is 2.49. The standard InChI is InChI=1S/C15H22N2O3S/c1-2-20-14(18)11-5-7-15(19,8-6-11)10-21-12-3-4-13(16)17-9-12/h3-4,9,11,19H,2,5-8,10H2,1H3,(H2,16,17). The van der Waals surface area contributed by atoms with Gasteiger partial charge in [0.25, 0.3) is 0 Å². The highest BCUT2D eigenvalue weighted by Crippen LogP contribution is 2.36. The van der Waals surface area contributed by atoms with Gasteiger partial charge in [0.15, 0.2) is 0 Å². The number of anilines is 1. The average Bonchev–Trinajstić information content (AvgIpc) is 2.48. The maximum atomic E-state index is 11.7. The molecule has 0 aromatic carbocycles. The molecule has 0 atom stereocenters. The molecule has 5 nitrogen and oxygen atoms in total. The van der Waals surface area contributed by atoms with Crippen LogP contribution in [-0.2, 0) is 9.53 Å². The van der Waals surface area contributed by atoms with Crippen LogP contribution in [0.2, 0.25) is 0 Å². The van der Waals surface area contributed by atoms with Crippen LogP contribution in [0.1, 0.15) is 32.6 Å². The van der Waals surface area contributed by atoms with E-state index in [0.717, 1.165) is 4.90 Å². The molecule has 21 heavy (non-hydrogen) atoms. The summed E-state index contributed by atoms with van der Waals surface area (Å²) in [6.07, 6.45) is 4.36. The quantitative estimate of drug-likeness (QED) is 0.641. The molecule has 1 aromatic heterocycles. The van der Waals surface area contributed by atoms with E-state index in [1.54, 1.807) is 24.0 Å². The van der Waals surface area contributed by atoms with E-state index >= 15 is 0 Å². The van der Waals surface area contributed by atoms with Crippen molar-refractivity contribution in [1.82, 2.24) is 4.98 Å². The summed E-state index contributed by atoms with van der Waals surface area (Å²) in [4.78, 5) is 16.7. The Kier molecular flexibility index (Phi) is 5.47. The summed E-state index contributed by atoms with van der Waals surface area (Å²) in [5.74, 6) is 0.907. The molecule has 0 aliphatic heterocycles. The fraction of sp³-hybridized carbons (Fsp3) is 0.600. The lowest BCUT2D eigenvalue weighted by molar-refractivity contribution is -0.150. The summed E-state index contributed by atoms with van der Waals surface area (Å²) >= 11 is 1.57. The minimum Gasteiger partial charge on any atom is -0.466 e. The summed E-state index contributed by atoms with van der Waals surface area (Å²) < 4.78 is 5.04. The van der Waals surface area contributed by atoms with Crippen LogP contribution in [0.3, 0.4) is 0 Å². The first-order chi connectivity index (χ1) is 10.0. The van der Waals surface area contributed by atoms with Crippen LogP contribution in [0.4, 0.5) is 5.82 Å². The third-order valence-electron chi connectivity index (χ3n) is 3.80. The molecule has 0 amide bonds. The van der Waals surface area contributed by atoms with Crippen LogP contribution in [0.5, 0.6) is 0 Å². The van der Waals surface area contributed by atoms with Crippen LogP contribution in [0.25, 0.3) is 0 Å². The van der Waals surface area contributed by atoms with Crippen molar-refractivity contribution in [2.75, 3.05) is 18.1 Å². The minimum atomic E-state index is -0.713. The molecular formula is C15H22N2O3S. The average molecular weight is 310 g/mol. The number of nitrogens with two attached hydrogens (primary N) is 1. The second-order valence-electron chi connectivity index (χ2n) is 5.46. The molecule has 0 radical (unpaired) electrons. The third-order valence-corrected chi connectivity index (χ3v) is 5.06. The number of aliphatic hydroxyl groups is 1. The van der Waals surface area contributed by atoms with Gasteiger partial charge in [-0.3, -0.25) is 4.79 Å². The number of carbonyl (C=O) groups excluding carboxylic acids is 1. The maximum Gasteiger partial charge on any atom is 0.308 e. The van der Waals surface area contributed by atoms with Crippen LogP contribution in [-0.4, -0.2) is 34.0 Å². The summed E-state index contributed by atoms with van der Waals surface area (Å²) in [6.45, 7) is 2.23. The Balaban J connectivity index is 1.82. The van der Waals surface area contributed by atoms with Crippen molar-refractivity contribution in [1.29, 1.82) is 0 Å². The molecule has 3 N–H and O–H groups in total. The van der Waals surface area contributed by atoms with Gasteiger partial charge in [-0.25, -0.2) is 4.98 Å². The molecule has 0 bridgehead atoms. The van der Waals surface area contributed by atoms with Gasteiger partial charge in [0.2, 0.25) is 0 Å². The van der Waals surface area contributed by atoms with Gasteiger partial charge in [0.05, 0.1) is 18.1 Å². The lowest BCUT2D eigenvalue weighted by atomic mass is 9.80. The minimum absolute atomic E-state index is 0.0617. The van der Waals surface area contributed by atoms with Gasteiger partial charge in [0.1, 0.15) is 5.82 Å². The van der Waals surface area contributed by atoms with E-state index < -0.39 is 5.60 Å². The second kappa shape index (κ2) is 7.13. The summed E-state index contributed by atoms with van der Waals surface area (Å²) in [5.41, 5.74) is 4.83. The number of esters is 1. The van der Waals surface area contributed by atoms with Gasteiger partial charge >= 0.3 is 5.97 Å². The van der Waals surface area contributed by atoms with E-state index in [1.807, 2.05) is 13.0 Å². The van der Waals surface area contributed by atoms with Crippen LogP contribution in [0.15, 0.2) is 23.2 Å². The monoisotopic (exact) mass is 310 g/mol. The van der Waals surface area contributed by atoms with Crippen LogP contribution >= 0.6 is 11.8 Å². The maximum absolute atomic E-state index is 11.7. The largest absolute Gasteiger partial charge is 0.466 e. The first-order valence-electron chi connectivity index (χ1n) is 7.26. The summed E-state index contributed by atoms with van der Waals surface area (Å²) in [5, 5.41) is 10.6. The number of ether oxygens (including phenoxy) is 1. The van der Waals surface area contributed by atoms with Gasteiger partial charge in [-0.2, -0.15) is 0 Å². The number of hydrogen-bond acceptors (Lipinski definition) is 6. The number of thioether (sulfide) groups is 1. The zero-order valence-corrected chi connectivity index (χ0v) is 13.1. The van der Waals surface area contributed by atoms with Crippen molar-refractivity contribution >= 4 is 23.5 Å². The van der Waals surface area contributed by atoms with E-state index in [2.05, 4.69) is 4.98 Å². The second-order valence-corrected chi connectivity index (χ2v) is 6.51. The molecule has 1 heterocycles. The van der Waals surface area contributed by atoms with Crippen LogP contribution < -0.4 is 5.73 Å². The third kappa shape index (κ3) is 4.61. The van der Waals surface area contributed by atoms with Crippen molar-refractivity contribution in [3.05, 3.63) is 18.3 Å². The van der Waals surface area contributed by atoms with E-state index in [9.17, 15) is 9.90 Å². The molecule has 1 aliphatic rings. The Bertz CT molecular complexity index is 470. The number of pyridine rings is 1. The highest BCUT2D eigenvalue weighted by atomic mass is 32.2. The Labute approximate surface area is 129 Å². The highest BCUT2D eigenvalue weighted by molar-refractivity contribution is 7.99. The zero-order valence-electron chi connectivity index (χ0n) is 12.2. The Morgan fingerprint density at radius 1 is 1.52 bits per heavy atom. The number of carbonyl (C=O) groups is 1. The predicted molar refractivity (Wildman–Crippen MR) is 82.9 cm³/mol. The molecule has 1 aliphatic carbocycles. The van der Waals surface area contributed by atoms with E-state index in [-0.39, 0.29) is 11.9 Å². The predicted octanol–water partition coefficient (Wildman–Crippen LogP) is 2.24. The number of aromatic nitrogens is 1. The van der Waals surface area contributed by atoms with Crippen molar-refractivity contribution in [2.45, 2.75) is 43.1 Å². The number of nitrogen functional groups attached to an aromatic ring is 1. The molecule has 2 rings (SSSR count). The first-order valence-corrected chi connectivity index (χ1v) is 8.24. The molecule has 1 fully saturated rings. The van der Waals surface area contributed by atoms with Gasteiger partial charge in [-0.15, -0.1) is 11.8 Å². The van der Waals surface area contributed by atoms with Crippen molar-refractivity contribution in [2.24, 2.45) is 5.92 Å². The van der Waals surface area contributed by atoms with E-state index in [4.69, 9.17) is 10.5 Å². The van der Waals surface area contributed by atoms with Gasteiger partial charge in [0, 0.05) is 16.8 Å². The van der Waals surface area contributed by atoms with Crippen molar-refractivity contribution in [3.8, 4) is 0 Å². The first kappa shape index (κ1) is 16.1. The lowest BCUT2D eigenvalue weighted by Gasteiger charge is -2.34. The number of nitrogens with zero attached hydrogens (tertiary/aromatic N) is 1. The number of hydrogen-bond donors (Lipinski definition) is 2. The SMILES string of the molecule is CCOC(=O)C1CCC(O)(CSc2ccc(N)nc2)CC1. The summed E-state index contributed by atoms with van der Waals surface area (Å²) in [7, 11) is 0. The summed E-state index contributed by atoms with van der Waals surface area (Å²) in [6, 6.07) is 3.66. The normalized spacial score (nSPS) is 25.5.